The highest BCUT2D eigenvalue weighted by atomic mass is 19.1. The molecule has 0 radical (unpaired) electrons. The van der Waals surface area contributed by atoms with Crippen molar-refractivity contribution in [2.24, 2.45) is 0 Å². The number of hydrogen-bond donors (Lipinski definition) is 0. The van der Waals surface area contributed by atoms with Gasteiger partial charge in [-0.1, -0.05) is 13.3 Å². The molecule has 0 saturated carbocycles. The van der Waals surface area contributed by atoms with E-state index in [0.29, 0.717) is 145 Å². The van der Waals surface area contributed by atoms with Crippen LogP contribution in [-0.4, -0.2) is 165 Å². The normalized spacial score (nSPS) is 11.6. The van der Waals surface area contributed by atoms with Crippen LogP contribution >= 0.6 is 0 Å². The van der Waals surface area contributed by atoms with E-state index < -0.39 is 6.67 Å². The molecule has 12 nitrogen and oxygen atoms in total. The van der Waals surface area contributed by atoms with Crippen LogP contribution in [-0.2, 0) is 56.8 Å². The Kier molecular flexibility index (Phi) is 38.9. The molecule has 0 aliphatic heterocycles. The van der Waals surface area contributed by atoms with Crippen LogP contribution in [0.5, 0.6) is 0 Å². The van der Waals surface area contributed by atoms with Crippen LogP contribution in [0, 0.1) is 0 Å². The monoisotopic (exact) mass is 604 g/mol. The van der Waals surface area contributed by atoms with Gasteiger partial charge < -0.3 is 56.8 Å². The zero-order valence-electron chi connectivity index (χ0n) is 25.4. The van der Waals surface area contributed by atoms with Gasteiger partial charge in [0.2, 0.25) is 0 Å². The Labute approximate surface area is 246 Å². The fraction of sp³-hybridized carbons (Fsp3) is 1.00. The molecule has 0 bridgehead atoms. The highest BCUT2D eigenvalue weighted by Crippen LogP contribution is 1.89. The Bertz CT molecular complexity index is 416. The fourth-order valence-electron chi connectivity index (χ4n) is 2.82. The van der Waals surface area contributed by atoms with Crippen LogP contribution in [0.4, 0.5) is 4.39 Å². The summed E-state index contributed by atoms with van der Waals surface area (Å²) in [5, 5.41) is 0. The molecule has 0 aromatic heterocycles. The summed E-state index contributed by atoms with van der Waals surface area (Å²) >= 11 is 0. The van der Waals surface area contributed by atoms with Gasteiger partial charge in [0.25, 0.3) is 0 Å². The first kappa shape index (κ1) is 40.5. The van der Waals surface area contributed by atoms with Crippen molar-refractivity contribution in [1.29, 1.82) is 0 Å². The third-order valence-corrected chi connectivity index (χ3v) is 4.96. The SMILES string of the molecule is CCCCOCCOCCOCCOCCOCCOCCOCCOCCOCCOCCOCCOCCF. The van der Waals surface area contributed by atoms with Gasteiger partial charge in [0.1, 0.15) is 6.67 Å². The summed E-state index contributed by atoms with van der Waals surface area (Å²) in [5.41, 5.74) is 0. The van der Waals surface area contributed by atoms with E-state index >= 15 is 0 Å². The number of rotatable bonds is 38. The van der Waals surface area contributed by atoms with Crippen molar-refractivity contribution in [3.8, 4) is 0 Å². The maximum Gasteiger partial charge on any atom is 0.113 e. The summed E-state index contributed by atoms with van der Waals surface area (Å²) in [5.74, 6) is 0. The van der Waals surface area contributed by atoms with Crippen LogP contribution in [0.1, 0.15) is 19.8 Å². The van der Waals surface area contributed by atoms with Crippen molar-refractivity contribution in [1.82, 2.24) is 0 Å². The van der Waals surface area contributed by atoms with Gasteiger partial charge >= 0.3 is 0 Å². The quantitative estimate of drug-likeness (QED) is 0.0961. The molecule has 0 atom stereocenters. The molecular formula is C28H57FO12. The molecule has 0 saturated heterocycles. The van der Waals surface area contributed by atoms with Crippen LogP contribution < -0.4 is 0 Å². The predicted octanol–water partition coefficient (Wildman–Crippen LogP) is 1.96. The Balaban J connectivity index is 3.02. The van der Waals surface area contributed by atoms with E-state index in [-0.39, 0.29) is 6.61 Å². The lowest BCUT2D eigenvalue weighted by Gasteiger charge is -2.09. The first-order valence-electron chi connectivity index (χ1n) is 14.9. The maximum absolute atomic E-state index is 11.8. The van der Waals surface area contributed by atoms with Crippen molar-refractivity contribution in [2.75, 3.05) is 165 Å². The summed E-state index contributed by atoms with van der Waals surface area (Å²) in [4.78, 5) is 0. The second-order valence-corrected chi connectivity index (χ2v) is 8.39. The number of halogens is 1. The van der Waals surface area contributed by atoms with E-state index in [4.69, 9.17) is 56.8 Å². The maximum atomic E-state index is 11.8. The van der Waals surface area contributed by atoms with Gasteiger partial charge in [0.15, 0.2) is 0 Å². The minimum Gasteiger partial charge on any atom is -0.379 e. The predicted molar refractivity (Wildman–Crippen MR) is 151 cm³/mol. The van der Waals surface area contributed by atoms with Gasteiger partial charge in [-0.25, -0.2) is 4.39 Å². The summed E-state index contributed by atoms with van der Waals surface area (Å²) in [7, 11) is 0. The van der Waals surface area contributed by atoms with E-state index in [9.17, 15) is 4.39 Å². The molecule has 0 aliphatic rings. The average Bonchev–Trinajstić information content (AvgIpc) is 2.98. The van der Waals surface area contributed by atoms with Crippen LogP contribution in [0.25, 0.3) is 0 Å². The highest BCUT2D eigenvalue weighted by Gasteiger charge is 1.96. The summed E-state index contributed by atoms with van der Waals surface area (Å²) < 4.78 is 76.4. The lowest BCUT2D eigenvalue weighted by Crippen LogP contribution is -2.15. The number of ether oxygens (including phenoxy) is 12. The lowest BCUT2D eigenvalue weighted by atomic mass is 10.4. The van der Waals surface area contributed by atoms with E-state index in [2.05, 4.69) is 6.92 Å². The van der Waals surface area contributed by atoms with Gasteiger partial charge in [-0.15, -0.1) is 0 Å². The molecule has 0 amide bonds. The Hall–Kier alpha value is -0.550. The molecule has 41 heavy (non-hydrogen) atoms. The summed E-state index contributed by atoms with van der Waals surface area (Å²) in [6.07, 6.45) is 2.24. The summed E-state index contributed by atoms with van der Waals surface area (Å²) in [6, 6.07) is 0. The topological polar surface area (TPSA) is 111 Å². The largest absolute Gasteiger partial charge is 0.379 e. The first-order valence-corrected chi connectivity index (χ1v) is 14.9. The van der Waals surface area contributed by atoms with Crippen LogP contribution in [0.15, 0.2) is 0 Å². The molecule has 248 valence electrons. The van der Waals surface area contributed by atoms with Crippen molar-refractivity contribution in [3.05, 3.63) is 0 Å². The van der Waals surface area contributed by atoms with E-state index in [1.165, 1.54) is 0 Å². The Morgan fingerprint density at radius 1 is 0.268 bits per heavy atom. The van der Waals surface area contributed by atoms with Crippen molar-refractivity contribution < 1.29 is 61.2 Å². The third-order valence-electron chi connectivity index (χ3n) is 4.96. The van der Waals surface area contributed by atoms with Gasteiger partial charge in [-0.3, -0.25) is 0 Å². The Morgan fingerprint density at radius 3 is 0.610 bits per heavy atom. The average molecular weight is 605 g/mol. The number of unbranched alkanes of at least 4 members (excludes halogenated alkanes) is 1. The number of alkyl halides is 1. The second-order valence-electron chi connectivity index (χ2n) is 8.39. The lowest BCUT2D eigenvalue weighted by molar-refractivity contribution is -0.0284. The molecule has 0 heterocycles. The smallest absolute Gasteiger partial charge is 0.113 e. The zero-order valence-corrected chi connectivity index (χ0v) is 25.4. The molecule has 13 heteroatoms. The molecule has 0 spiro atoms. The zero-order chi connectivity index (χ0) is 29.6. The van der Waals surface area contributed by atoms with Crippen molar-refractivity contribution >= 4 is 0 Å². The van der Waals surface area contributed by atoms with Crippen molar-refractivity contribution in [3.63, 3.8) is 0 Å². The molecule has 0 unspecified atom stereocenters. The van der Waals surface area contributed by atoms with Crippen molar-refractivity contribution in [2.45, 2.75) is 19.8 Å². The van der Waals surface area contributed by atoms with Crippen LogP contribution in [0.2, 0.25) is 0 Å². The molecule has 0 aromatic rings. The standard InChI is InChI=1S/C28H57FO12/c1-2-3-5-30-7-9-32-11-13-34-15-17-36-19-21-38-23-25-40-27-28-41-26-24-39-22-20-37-18-16-35-14-12-33-10-8-31-6-4-29/h2-28H2,1H3. The van der Waals surface area contributed by atoms with Gasteiger partial charge in [-0.2, -0.15) is 0 Å². The van der Waals surface area contributed by atoms with Crippen LogP contribution in [0.3, 0.4) is 0 Å². The third kappa shape index (κ3) is 39.5. The fourth-order valence-corrected chi connectivity index (χ4v) is 2.82. The van der Waals surface area contributed by atoms with Gasteiger partial charge in [-0.05, 0) is 6.42 Å². The minimum absolute atomic E-state index is 0.115. The van der Waals surface area contributed by atoms with E-state index in [1.807, 2.05) is 0 Å². The first-order chi connectivity index (χ1) is 20.4. The Morgan fingerprint density at radius 2 is 0.439 bits per heavy atom. The molecule has 0 rings (SSSR count). The second kappa shape index (κ2) is 39.5. The molecule has 0 aliphatic carbocycles. The molecular weight excluding hydrogens is 547 g/mol. The molecule has 0 aromatic carbocycles. The summed E-state index contributed by atoms with van der Waals surface area (Å²) in [6.45, 7) is 13.9. The highest BCUT2D eigenvalue weighted by molar-refractivity contribution is 4.39. The number of hydrogen-bond acceptors (Lipinski definition) is 12. The molecule has 0 fully saturated rings. The van der Waals surface area contributed by atoms with E-state index in [1.54, 1.807) is 0 Å². The van der Waals surface area contributed by atoms with Gasteiger partial charge in [0, 0.05) is 6.61 Å². The minimum atomic E-state index is -0.473. The molecule has 0 N–H and O–H groups in total. The van der Waals surface area contributed by atoms with Gasteiger partial charge in [0.05, 0.1) is 152 Å². The van der Waals surface area contributed by atoms with E-state index in [0.717, 1.165) is 19.4 Å².